The average molecular weight is 519 g/mol. The van der Waals surface area contributed by atoms with Gasteiger partial charge in [0.1, 0.15) is 0 Å². The molecule has 0 unspecified atom stereocenters. The van der Waals surface area contributed by atoms with Gasteiger partial charge in [-0.25, -0.2) is 8.42 Å². The predicted molar refractivity (Wildman–Crippen MR) is 142 cm³/mol. The third-order valence-corrected chi connectivity index (χ3v) is 6.77. The molecule has 0 saturated heterocycles. The van der Waals surface area contributed by atoms with Crippen LogP contribution in [-0.2, 0) is 16.3 Å². The number of hydroxylamine groups is 2. The molecule has 0 aliphatic rings. The number of carbonyl (C=O) groups is 1. The number of hydrogen-bond donors (Lipinski definition) is 2. The molecule has 0 aliphatic heterocycles. The lowest BCUT2D eigenvalue weighted by atomic mass is 10.1. The zero-order chi connectivity index (χ0) is 25.9. The van der Waals surface area contributed by atoms with Gasteiger partial charge in [0.25, 0.3) is 5.91 Å². The lowest BCUT2D eigenvalue weighted by molar-refractivity contribution is 0.0153. The number of nitrogens with one attached hydrogen (secondary N) is 1. The van der Waals surface area contributed by atoms with Gasteiger partial charge in [-0.1, -0.05) is 54.7 Å². The summed E-state index contributed by atoms with van der Waals surface area (Å²) in [6, 6.07) is 23.9. The van der Waals surface area contributed by atoms with Crippen molar-refractivity contribution in [2.24, 2.45) is 5.73 Å². The molecular formula is C26H22N4O4S2. The SMILES string of the molecule is CS(=O)(=O)c1cccc(C(=O)N(Oc2ccc(C(=S)Cc3ccc4ccccc4n3)cc2)C(=N)N)c1. The second-order valence-electron chi connectivity index (χ2n) is 8.00. The van der Waals surface area contributed by atoms with Crippen LogP contribution in [0.1, 0.15) is 21.6 Å². The summed E-state index contributed by atoms with van der Waals surface area (Å²) in [6.45, 7) is 0. The lowest BCUT2D eigenvalue weighted by Crippen LogP contribution is -2.43. The van der Waals surface area contributed by atoms with Gasteiger partial charge in [-0.15, -0.1) is 5.06 Å². The minimum atomic E-state index is -3.52. The van der Waals surface area contributed by atoms with Crippen molar-refractivity contribution in [2.75, 3.05) is 6.26 Å². The van der Waals surface area contributed by atoms with Gasteiger partial charge in [0.15, 0.2) is 15.6 Å². The quantitative estimate of drug-likeness (QED) is 0.125. The van der Waals surface area contributed by atoms with Crippen molar-refractivity contribution in [1.82, 2.24) is 10.0 Å². The van der Waals surface area contributed by atoms with E-state index in [2.05, 4.69) is 4.98 Å². The fourth-order valence-electron chi connectivity index (χ4n) is 3.46. The molecule has 1 amide bonds. The summed E-state index contributed by atoms with van der Waals surface area (Å²) in [4.78, 5) is 23.8. The molecule has 4 aromatic rings. The van der Waals surface area contributed by atoms with E-state index in [1.54, 1.807) is 24.3 Å². The van der Waals surface area contributed by atoms with Crippen LogP contribution in [0, 0.1) is 5.41 Å². The molecule has 0 radical (unpaired) electrons. The number of aromatic nitrogens is 1. The highest BCUT2D eigenvalue weighted by Crippen LogP contribution is 2.19. The molecule has 10 heteroatoms. The number of pyridine rings is 1. The number of amides is 1. The van der Waals surface area contributed by atoms with Crippen molar-refractivity contribution in [3.05, 3.63) is 102 Å². The van der Waals surface area contributed by atoms with Crippen LogP contribution >= 0.6 is 12.2 Å². The number of nitrogens with two attached hydrogens (primary N) is 1. The minimum absolute atomic E-state index is 0.00816. The highest BCUT2D eigenvalue weighted by molar-refractivity contribution is 7.90. The summed E-state index contributed by atoms with van der Waals surface area (Å²) in [5.74, 6) is -1.20. The number of carbonyl (C=O) groups excluding carboxylic acids is 1. The molecule has 0 aliphatic carbocycles. The Morgan fingerprint density at radius 1 is 1.00 bits per heavy atom. The van der Waals surface area contributed by atoms with Crippen LogP contribution in [0.5, 0.6) is 5.75 Å². The number of rotatable bonds is 7. The standard InChI is InChI=1S/C26H22N4O4S2/c1-36(32,33)22-7-4-6-19(15-22)25(31)30(26(27)28)34-21-13-10-18(11-14-21)24(35)16-20-12-9-17-5-2-3-8-23(17)29-20/h2-15H,16H2,1H3,(H3,27,28). The maximum absolute atomic E-state index is 12.9. The Morgan fingerprint density at radius 3 is 2.42 bits per heavy atom. The Hall–Kier alpha value is -4.15. The van der Waals surface area contributed by atoms with Crippen molar-refractivity contribution >= 4 is 49.7 Å². The van der Waals surface area contributed by atoms with Crippen molar-refractivity contribution in [3.63, 3.8) is 0 Å². The fourth-order valence-corrected chi connectivity index (χ4v) is 4.41. The Labute approximate surface area is 213 Å². The van der Waals surface area contributed by atoms with Gasteiger partial charge in [0.05, 0.1) is 10.4 Å². The highest BCUT2D eigenvalue weighted by Gasteiger charge is 2.22. The first kappa shape index (κ1) is 25.0. The lowest BCUT2D eigenvalue weighted by Gasteiger charge is -2.20. The van der Waals surface area contributed by atoms with Crippen LogP contribution in [0.4, 0.5) is 0 Å². The van der Waals surface area contributed by atoms with Gasteiger partial charge in [-0.2, -0.15) is 0 Å². The molecule has 0 atom stereocenters. The number of thiocarbonyl (C=S) groups is 1. The van der Waals surface area contributed by atoms with Crippen LogP contribution in [0.2, 0.25) is 0 Å². The molecule has 8 nitrogen and oxygen atoms in total. The van der Waals surface area contributed by atoms with Gasteiger partial charge in [0.2, 0.25) is 5.96 Å². The number of benzene rings is 3. The third-order valence-electron chi connectivity index (χ3n) is 5.28. The molecule has 0 spiro atoms. The van der Waals surface area contributed by atoms with E-state index in [0.717, 1.165) is 28.4 Å². The third kappa shape index (κ3) is 5.73. The first-order valence-electron chi connectivity index (χ1n) is 10.8. The second kappa shape index (κ2) is 10.2. The van der Waals surface area contributed by atoms with E-state index in [9.17, 15) is 13.2 Å². The van der Waals surface area contributed by atoms with Gasteiger partial charge in [-0.3, -0.25) is 15.2 Å². The van der Waals surface area contributed by atoms with E-state index < -0.39 is 21.7 Å². The zero-order valence-corrected chi connectivity index (χ0v) is 20.8. The van der Waals surface area contributed by atoms with Crippen LogP contribution in [-0.4, -0.2) is 41.5 Å². The van der Waals surface area contributed by atoms with E-state index in [1.165, 1.54) is 24.3 Å². The van der Waals surface area contributed by atoms with Gasteiger partial charge < -0.3 is 10.6 Å². The van der Waals surface area contributed by atoms with Gasteiger partial charge >= 0.3 is 0 Å². The van der Waals surface area contributed by atoms with Gasteiger partial charge in [-0.05, 0) is 48.0 Å². The Morgan fingerprint density at radius 2 is 1.72 bits per heavy atom. The molecule has 0 bridgehead atoms. The first-order chi connectivity index (χ1) is 17.1. The topological polar surface area (TPSA) is 126 Å². The molecule has 3 aromatic carbocycles. The molecule has 0 fully saturated rings. The summed E-state index contributed by atoms with van der Waals surface area (Å²) in [5.41, 5.74) is 8.11. The largest absolute Gasteiger partial charge is 0.369 e. The number of hydrogen-bond acceptors (Lipinski definition) is 7. The highest BCUT2D eigenvalue weighted by atomic mass is 32.2. The van der Waals surface area contributed by atoms with E-state index in [0.29, 0.717) is 16.3 Å². The second-order valence-corrected chi connectivity index (χ2v) is 10.5. The van der Waals surface area contributed by atoms with Crippen molar-refractivity contribution in [2.45, 2.75) is 11.3 Å². The molecule has 182 valence electrons. The molecule has 1 aromatic heterocycles. The molecule has 1 heterocycles. The zero-order valence-electron chi connectivity index (χ0n) is 19.2. The summed E-state index contributed by atoms with van der Waals surface area (Å²) in [5, 5.41) is 9.41. The smallest absolute Gasteiger partial charge is 0.294 e. The maximum Gasteiger partial charge on any atom is 0.294 e. The average Bonchev–Trinajstić information content (AvgIpc) is 2.86. The number of guanidine groups is 1. The Balaban J connectivity index is 1.48. The van der Waals surface area contributed by atoms with Crippen molar-refractivity contribution in [1.29, 1.82) is 5.41 Å². The van der Waals surface area contributed by atoms with E-state index in [4.69, 9.17) is 28.2 Å². The molecule has 36 heavy (non-hydrogen) atoms. The molecule has 3 N–H and O–H groups in total. The van der Waals surface area contributed by atoms with Gasteiger partial charge in [0, 0.05) is 34.2 Å². The van der Waals surface area contributed by atoms with Crippen LogP contribution in [0.15, 0.2) is 89.8 Å². The number of nitrogens with zero attached hydrogens (tertiary/aromatic N) is 2. The van der Waals surface area contributed by atoms with Crippen molar-refractivity contribution < 1.29 is 18.0 Å². The molecule has 0 saturated carbocycles. The van der Waals surface area contributed by atoms with Crippen LogP contribution in [0.3, 0.4) is 0 Å². The molecular weight excluding hydrogens is 496 g/mol. The fraction of sp³-hybridized carbons (Fsp3) is 0.0769. The first-order valence-corrected chi connectivity index (χ1v) is 13.1. The summed E-state index contributed by atoms with van der Waals surface area (Å²) in [7, 11) is -3.52. The normalized spacial score (nSPS) is 11.1. The monoisotopic (exact) mass is 518 g/mol. The summed E-state index contributed by atoms with van der Waals surface area (Å²) < 4.78 is 23.7. The number of fused-ring (bicyclic) bond motifs is 1. The van der Waals surface area contributed by atoms with Crippen molar-refractivity contribution in [3.8, 4) is 5.75 Å². The van der Waals surface area contributed by atoms with E-state index in [1.807, 2.05) is 36.4 Å². The van der Waals surface area contributed by atoms with E-state index >= 15 is 0 Å². The van der Waals surface area contributed by atoms with E-state index in [-0.39, 0.29) is 16.2 Å². The Kier molecular flexibility index (Phi) is 7.09. The summed E-state index contributed by atoms with van der Waals surface area (Å²) in [6.07, 6.45) is 1.52. The van der Waals surface area contributed by atoms with Crippen LogP contribution < -0.4 is 10.6 Å². The summed E-state index contributed by atoms with van der Waals surface area (Å²) >= 11 is 5.60. The number of sulfone groups is 1. The Bertz CT molecular complexity index is 1590. The molecule has 4 rings (SSSR count). The maximum atomic E-state index is 12.9. The van der Waals surface area contributed by atoms with Crippen LogP contribution in [0.25, 0.3) is 10.9 Å². The predicted octanol–water partition coefficient (Wildman–Crippen LogP) is 3.93. The minimum Gasteiger partial charge on any atom is -0.369 e. The number of para-hydroxylation sites is 1.